The van der Waals surface area contributed by atoms with Crippen molar-refractivity contribution >= 4 is 0 Å². The van der Waals surface area contributed by atoms with Crippen LogP contribution in [0.25, 0.3) is 0 Å². The lowest BCUT2D eigenvalue weighted by molar-refractivity contribution is 0.0150. The minimum Gasteiger partial charge on any atom is -0.369 e. The number of hydrogen-bond donors (Lipinski definition) is 1. The summed E-state index contributed by atoms with van der Waals surface area (Å²) >= 11 is 0. The molecule has 0 saturated carbocycles. The van der Waals surface area contributed by atoms with Gasteiger partial charge in [0.1, 0.15) is 5.60 Å². The van der Waals surface area contributed by atoms with E-state index in [4.69, 9.17) is 11.2 Å². The van der Waals surface area contributed by atoms with E-state index in [9.17, 15) is 0 Å². The van der Waals surface area contributed by atoms with Crippen molar-refractivity contribution in [2.45, 2.75) is 12.0 Å². The third-order valence-electron chi connectivity index (χ3n) is 3.71. The fourth-order valence-electron chi connectivity index (χ4n) is 2.63. The second kappa shape index (κ2) is 7.64. The summed E-state index contributed by atoms with van der Waals surface area (Å²) in [5, 5.41) is 3.25. The predicted molar refractivity (Wildman–Crippen MR) is 87.0 cm³/mol. The van der Waals surface area contributed by atoms with Crippen LogP contribution in [0.4, 0.5) is 0 Å². The lowest BCUT2D eigenvalue weighted by Crippen LogP contribution is -2.34. The molecule has 0 heterocycles. The zero-order valence-corrected chi connectivity index (χ0v) is 12.4. The van der Waals surface area contributed by atoms with Crippen molar-refractivity contribution in [1.82, 2.24) is 5.32 Å². The van der Waals surface area contributed by atoms with E-state index in [2.05, 4.69) is 35.5 Å². The largest absolute Gasteiger partial charge is 0.369 e. The number of ether oxygens (including phenoxy) is 1. The highest BCUT2D eigenvalue weighted by Crippen LogP contribution is 2.36. The summed E-state index contributed by atoms with van der Waals surface area (Å²) in [4.78, 5) is 0. The van der Waals surface area contributed by atoms with Crippen LogP contribution in [-0.2, 0) is 10.3 Å². The minimum atomic E-state index is -0.454. The summed E-state index contributed by atoms with van der Waals surface area (Å²) in [7, 11) is 1.77. The SMILES string of the molecule is C#CCNCCC(OC)(c1ccccc1)c1ccccc1. The molecule has 2 nitrogen and oxygen atoms in total. The van der Waals surface area contributed by atoms with Gasteiger partial charge in [0, 0.05) is 7.11 Å². The molecule has 1 N–H and O–H groups in total. The van der Waals surface area contributed by atoms with Crippen LogP contribution >= 0.6 is 0 Å². The van der Waals surface area contributed by atoms with E-state index >= 15 is 0 Å². The van der Waals surface area contributed by atoms with Gasteiger partial charge in [-0.05, 0) is 24.1 Å². The number of terminal acetylenes is 1. The van der Waals surface area contributed by atoms with Gasteiger partial charge in [0.15, 0.2) is 0 Å². The summed E-state index contributed by atoms with van der Waals surface area (Å²) in [5.41, 5.74) is 1.85. The second-order valence-corrected chi connectivity index (χ2v) is 4.89. The van der Waals surface area contributed by atoms with E-state index in [-0.39, 0.29) is 0 Å². The van der Waals surface area contributed by atoms with Crippen LogP contribution in [-0.4, -0.2) is 20.2 Å². The zero-order valence-electron chi connectivity index (χ0n) is 12.4. The highest BCUT2D eigenvalue weighted by Gasteiger charge is 2.33. The van der Waals surface area contributed by atoms with Crippen molar-refractivity contribution < 1.29 is 4.74 Å². The average molecular weight is 279 g/mol. The Morgan fingerprint density at radius 1 is 1.00 bits per heavy atom. The first-order valence-corrected chi connectivity index (χ1v) is 7.14. The average Bonchev–Trinajstić information content (AvgIpc) is 2.57. The normalized spacial score (nSPS) is 11.0. The van der Waals surface area contributed by atoms with E-state index in [0.717, 1.165) is 24.1 Å². The summed E-state index contributed by atoms with van der Waals surface area (Å²) in [6, 6.07) is 20.6. The van der Waals surface area contributed by atoms with Gasteiger partial charge in [-0.3, -0.25) is 0 Å². The van der Waals surface area contributed by atoms with Crippen LogP contribution < -0.4 is 5.32 Å². The van der Waals surface area contributed by atoms with E-state index in [1.807, 2.05) is 36.4 Å². The van der Waals surface area contributed by atoms with E-state index in [1.54, 1.807) is 7.11 Å². The predicted octanol–water partition coefficient (Wildman–Crippen LogP) is 3.19. The lowest BCUT2D eigenvalue weighted by atomic mass is 9.83. The Hall–Kier alpha value is -2.08. The third-order valence-corrected chi connectivity index (χ3v) is 3.71. The fourth-order valence-corrected chi connectivity index (χ4v) is 2.63. The lowest BCUT2D eigenvalue weighted by Gasteiger charge is -2.34. The van der Waals surface area contributed by atoms with E-state index in [0.29, 0.717) is 6.54 Å². The molecule has 0 bridgehead atoms. The molecule has 0 aromatic heterocycles. The van der Waals surface area contributed by atoms with Gasteiger partial charge in [-0.25, -0.2) is 0 Å². The summed E-state index contributed by atoms with van der Waals surface area (Å²) in [5.74, 6) is 2.60. The van der Waals surface area contributed by atoms with Crippen molar-refractivity contribution in [3.8, 4) is 12.3 Å². The smallest absolute Gasteiger partial charge is 0.119 e. The van der Waals surface area contributed by atoms with Crippen LogP contribution in [0.1, 0.15) is 17.5 Å². The molecule has 2 aromatic carbocycles. The molecule has 0 aliphatic rings. The molecule has 0 aliphatic heterocycles. The molecule has 21 heavy (non-hydrogen) atoms. The number of nitrogens with one attached hydrogen (secondary N) is 1. The van der Waals surface area contributed by atoms with Gasteiger partial charge in [-0.1, -0.05) is 66.6 Å². The molecule has 2 rings (SSSR count). The minimum absolute atomic E-state index is 0.454. The van der Waals surface area contributed by atoms with Crippen molar-refractivity contribution in [2.24, 2.45) is 0 Å². The summed E-state index contributed by atoms with van der Waals surface area (Å²) in [6.07, 6.45) is 6.11. The Labute approximate surface area is 127 Å². The Balaban J connectivity index is 2.35. The quantitative estimate of drug-likeness (QED) is 0.621. The van der Waals surface area contributed by atoms with Gasteiger partial charge in [-0.2, -0.15) is 0 Å². The molecular weight excluding hydrogens is 258 g/mol. The van der Waals surface area contributed by atoms with Crippen LogP contribution in [0.5, 0.6) is 0 Å². The molecular formula is C19H21NO. The molecule has 0 radical (unpaired) electrons. The molecule has 0 amide bonds. The summed E-state index contributed by atoms with van der Waals surface area (Å²) < 4.78 is 6.00. The second-order valence-electron chi connectivity index (χ2n) is 4.89. The van der Waals surface area contributed by atoms with Crippen LogP contribution in [0.2, 0.25) is 0 Å². The molecule has 0 fully saturated rings. The first-order valence-electron chi connectivity index (χ1n) is 7.14. The Kier molecular flexibility index (Phi) is 5.57. The molecule has 108 valence electrons. The van der Waals surface area contributed by atoms with Crippen molar-refractivity contribution in [1.29, 1.82) is 0 Å². The number of benzene rings is 2. The topological polar surface area (TPSA) is 21.3 Å². The third kappa shape index (κ3) is 3.52. The van der Waals surface area contributed by atoms with Gasteiger partial charge < -0.3 is 10.1 Å². The van der Waals surface area contributed by atoms with Crippen molar-refractivity contribution in [3.05, 3.63) is 71.8 Å². The van der Waals surface area contributed by atoms with Crippen molar-refractivity contribution in [3.63, 3.8) is 0 Å². The van der Waals surface area contributed by atoms with Crippen LogP contribution in [0.15, 0.2) is 60.7 Å². The fraction of sp³-hybridized carbons (Fsp3) is 0.263. The first kappa shape index (κ1) is 15.3. The molecule has 0 atom stereocenters. The molecule has 0 aliphatic carbocycles. The number of methoxy groups -OCH3 is 1. The van der Waals surface area contributed by atoms with E-state index in [1.165, 1.54) is 0 Å². The Morgan fingerprint density at radius 2 is 1.52 bits per heavy atom. The van der Waals surface area contributed by atoms with Gasteiger partial charge in [0.25, 0.3) is 0 Å². The zero-order chi connectivity index (χ0) is 15.0. The number of rotatable bonds is 7. The highest BCUT2D eigenvalue weighted by atomic mass is 16.5. The van der Waals surface area contributed by atoms with Crippen molar-refractivity contribution in [2.75, 3.05) is 20.2 Å². The van der Waals surface area contributed by atoms with Crippen LogP contribution in [0.3, 0.4) is 0 Å². The van der Waals surface area contributed by atoms with Gasteiger partial charge in [0.05, 0.1) is 6.54 Å². The Bertz CT molecular complexity index is 532. The Morgan fingerprint density at radius 3 is 1.95 bits per heavy atom. The van der Waals surface area contributed by atoms with Gasteiger partial charge in [0.2, 0.25) is 0 Å². The van der Waals surface area contributed by atoms with Gasteiger partial charge >= 0.3 is 0 Å². The maximum absolute atomic E-state index is 6.00. The molecule has 0 unspecified atom stereocenters. The van der Waals surface area contributed by atoms with E-state index < -0.39 is 5.60 Å². The molecule has 2 aromatic rings. The molecule has 2 heteroatoms. The first-order chi connectivity index (χ1) is 10.3. The van der Waals surface area contributed by atoms with Gasteiger partial charge in [-0.15, -0.1) is 6.42 Å². The maximum atomic E-state index is 6.00. The molecule has 0 spiro atoms. The van der Waals surface area contributed by atoms with Crippen LogP contribution in [0, 0.1) is 12.3 Å². The highest BCUT2D eigenvalue weighted by molar-refractivity contribution is 5.36. The standard InChI is InChI=1S/C19H21NO/c1-3-15-20-16-14-19(21-2,17-10-6-4-7-11-17)18-12-8-5-9-13-18/h1,4-13,20H,14-16H2,2H3. The monoisotopic (exact) mass is 279 g/mol. The number of hydrogen-bond acceptors (Lipinski definition) is 2. The molecule has 0 saturated heterocycles. The summed E-state index contributed by atoms with van der Waals surface area (Å²) in [6.45, 7) is 1.37. The maximum Gasteiger partial charge on any atom is 0.119 e.